The molecule has 0 saturated heterocycles. The summed E-state index contributed by atoms with van der Waals surface area (Å²) in [6, 6.07) is 6.14. The molecule has 0 fully saturated rings. The van der Waals surface area contributed by atoms with Gasteiger partial charge in [0.15, 0.2) is 5.52 Å². The highest BCUT2D eigenvalue weighted by atomic mass is 35.5. The molecule has 5 heteroatoms. The molecule has 0 saturated carbocycles. The van der Waals surface area contributed by atoms with Gasteiger partial charge in [0, 0.05) is 19.0 Å². The molecule has 1 aromatic carbocycles. The number of imidazole rings is 1. The molecular weight excluding hydrogens is 286 g/mol. The Morgan fingerprint density at radius 1 is 1.29 bits per heavy atom. The van der Waals surface area contributed by atoms with Crippen molar-refractivity contribution < 1.29 is 0 Å². The van der Waals surface area contributed by atoms with Gasteiger partial charge in [-0.3, -0.25) is 4.79 Å². The molecule has 0 atom stereocenters. The van der Waals surface area contributed by atoms with Crippen LogP contribution in [0.15, 0.2) is 29.3 Å². The molecule has 3 aromatic rings. The monoisotopic (exact) mass is 305 g/mol. The van der Waals surface area contributed by atoms with Crippen LogP contribution in [0, 0.1) is 6.92 Å². The summed E-state index contributed by atoms with van der Waals surface area (Å²) in [6.07, 6.45) is 3.80. The smallest absolute Gasteiger partial charge is 0.279 e. The minimum absolute atomic E-state index is 0. The minimum Gasteiger partial charge on any atom is -0.333 e. The fourth-order valence-corrected chi connectivity index (χ4v) is 2.84. The molecule has 4 nitrogen and oxygen atoms in total. The van der Waals surface area contributed by atoms with Crippen LogP contribution in [0.4, 0.5) is 0 Å². The lowest BCUT2D eigenvalue weighted by atomic mass is 10.1. The van der Waals surface area contributed by atoms with Crippen molar-refractivity contribution in [2.24, 2.45) is 7.05 Å². The number of halogens is 1. The lowest BCUT2D eigenvalue weighted by Crippen LogP contribution is -2.21. The Balaban J connectivity index is 0.00000161. The first-order chi connectivity index (χ1) is 9.65. The quantitative estimate of drug-likeness (QED) is 0.744. The number of unbranched alkanes of at least 4 members (excludes halogenated alkanes) is 1. The zero-order valence-corrected chi connectivity index (χ0v) is 13.4. The van der Waals surface area contributed by atoms with Crippen LogP contribution in [-0.4, -0.2) is 14.1 Å². The van der Waals surface area contributed by atoms with Gasteiger partial charge in [0.1, 0.15) is 0 Å². The normalized spacial score (nSPS) is 11.0. The molecular formula is C16H20ClN3O. The summed E-state index contributed by atoms with van der Waals surface area (Å²) in [5.41, 5.74) is 3.73. The number of pyridine rings is 1. The lowest BCUT2D eigenvalue weighted by molar-refractivity contribution is 0.634. The Kier molecular flexibility index (Phi) is 4.37. The summed E-state index contributed by atoms with van der Waals surface area (Å²) in [6.45, 7) is 4.98. The van der Waals surface area contributed by atoms with Crippen molar-refractivity contribution in [3.05, 3.63) is 40.4 Å². The third-order valence-corrected chi connectivity index (χ3v) is 3.90. The fourth-order valence-electron chi connectivity index (χ4n) is 2.84. The van der Waals surface area contributed by atoms with E-state index in [1.807, 2.05) is 28.3 Å². The van der Waals surface area contributed by atoms with Gasteiger partial charge in [0.05, 0.1) is 17.4 Å². The van der Waals surface area contributed by atoms with Gasteiger partial charge in [0.25, 0.3) is 5.56 Å². The second-order valence-electron chi connectivity index (χ2n) is 5.33. The van der Waals surface area contributed by atoms with Crippen LogP contribution in [0.1, 0.15) is 25.3 Å². The lowest BCUT2D eigenvalue weighted by Gasteiger charge is -2.13. The summed E-state index contributed by atoms with van der Waals surface area (Å²) < 4.78 is 3.82. The SMILES string of the molecule is CCCCn1c(=O)c2ncn(C)c2c2c(C)cccc21.Cl. The number of hydrogen-bond acceptors (Lipinski definition) is 2. The summed E-state index contributed by atoms with van der Waals surface area (Å²) in [5, 5.41) is 1.14. The highest BCUT2D eigenvalue weighted by Gasteiger charge is 2.15. The van der Waals surface area contributed by atoms with E-state index in [1.54, 1.807) is 6.33 Å². The van der Waals surface area contributed by atoms with E-state index in [2.05, 4.69) is 24.9 Å². The van der Waals surface area contributed by atoms with E-state index in [9.17, 15) is 4.79 Å². The predicted molar refractivity (Wildman–Crippen MR) is 89.4 cm³/mol. The summed E-state index contributed by atoms with van der Waals surface area (Å²) in [4.78, 5) is 17.0. The maximum Gasteiger partial charge on any atom is 0.279 e. The van der Waals surface area contributed by atoms with Crippen LogP contribution in [0.3, 0.4) is 0 Å². The first-order valence-electron chi connectivity index (χ1n) is 7.08. The largest absolute Gasteiger partial charge is 0.333 e. The fraction of sp³-hybridized carbons (Fsp3) is 0.375. The Morgan fingerprint density at radius 3 is 2.76 bits per heavy atom. The van der Waals surface area contributed by atoms with E-state index in [1.165, 1.54) is 5.56 Å². The topological polar surface area (TPSA) is 39.8 Å². The van der Waals surface area contributed by atoms with E-state index < -0.39 is 0 Å². The first-order valence-corrected chi connectivity index (χ1v) is 7.08. The number of aryl methyl sites for hydroxylation is 3. The minimum atomic E-state index is 0. The van der Waals surface area contributed by atoms with Crippen LogP contribution < -0.4 is 5.56 Å². The zero-order chi connectivity index (χ0) is 14.3. The number of nitrogens with zero attached hydrogens (tertiary/aromatic N) is 3. The summed E-state index contributed by atoms with van der Waals surface area (Å²) >= 11 is 0. The van der Waals surface area contributed by atoms with Crippen molar-refractivity contribution in [3.8, 4) is 0 Å². The summed E-state index contributed by atoms with van der Waals surface area (Å²) in [7, 11) is 1.94. The second-order valence-corrected chi connectivity index (χ2v) is 5.33. The molecule has 2 heterocycles. The Bertz CT molecular complexity index is 848. The van der Waals surface area contributed by atoms with Crippen LogP contribution in [0.2, 0.25) is 0 Å². The van der Waals surface area contributed by atoms with Crippen LogP contribution in [0.25, 0.3) is 21.9 Å². The molecule has 2 aromatic heterocycles. The highest BCUT2D eigenvalue weighted by molar-refractivity contribution is 6.04. The number of rotatable bonds is 3. The highest BCUT2D eigenvalue weighted by Crippen LogP contribution is 2.25. The molecule has 0 aliphatic carbocycles. The molecule has 0 bridgehead atoms. The van der Waals surface area contributed by atoms with Crippen molar-refractivity contribution >= 4 is 34.3 Å². The van der Waals surface area contributed by atoms with Crippen molar-refractivity contribution in [2.75, 3.05) is 0 Å². The van der Waals surface area contributed by atoms with E-state index in [-0.39, 0.29) is 18.0 Å². The van der Waals surface area contributed by atoms with Crippen molar-refractivity contribution in [1.82, 2.24) is 14.1 Å². The van der Waals surface area contributed by atoms with Crippen LogP contribution >= 0.6 is 12.4 Å². The molecule has 0 amide bonds. The zero-order valence-electron chi connectivity index (χ0n) is 12.6. The predicted octanol–water partition coefficient (Wildman–Crippen LogP) is 3.42. The molecule has 3 rings (SSSR count). The Labute approximate surface area is 129 Å². The molecule has 0 radical (unpaired) electrons. The standard InChI is InChI=1S/C16H19N3O.ClH/c1-4-5-9-19-12-8-6-7-11(2)13(12)15-14(16(19)20)17-10-18(15)3;/h6-8,10H,4-5,9H2,1-3H3;1H. The van der Waals surface area contributed by atoms with Gasteiger partial charge in [-0.25, -0.2) is 4.98 Å². The van der Waals surface area contributed by atoms with E-state index in [4.69, 9.17) is 0 Å². The second kappa shape index (κ2) is 5.90. The van der Waals surface area contributed by atoms with Gasteiger partial charge in [-0.2, -0.15) is 0 Å². The molecule has 0 unspecified atom stereocenters. The van der Waals surface area contributed by atoms with Gasteiger partial charge in [-0.1, -0.05) is 25.5 Å². The molecule has 0 N–H and O–H groups in total. The first kappa shape index (κ1) is 15.6. The number of benzene rings is 1. The molecule has 0 aliphatic rings. The van der Waals surface area contributed by atoms with Gasteiger partial charge >= 0.3 is 0 Å². The van der Waals surface area contributed by atoms with Crippen LogP contribution in [0.5, 0.6) is 0 Å². The number of hydrogen-bond donors (Lipinski definition) is 0. The van der Waals surface area contributed by atoms with Crippen molar-refractivity contribution in [2.45, 2.75) is 33.2 Å². The average Bonchev–Trinajstić information content (AvgIpc) is 2.81. The maximum atomic E-state index is 12.7. The number of fused-ring (bicyclic) bond motifs is 3. The van der Waals surface area contributed by atoms with Gasteiger partial charge in [-0.15, -0.1) is 12.4 Å². The third-order valence-electron chi connectivity index (χ3n) is 3.90. The van der Waals surface area contributed by atoms with Gasteiger partial charge in [0.2, 0.25) is 0 Å². The Morgan fingerprint density at radius 2 is 2.05 bits per heavy atom. The molecule has 0 spiro atoms. The molecule has 0 aliphatic heterocycles. The number of aromatic nitrogens is 3. The average molecular weight is 306 g/mol. The third kappa shape index (κ3) is 2.33. The van der Waals surface area contributed by atoms with Crippen molar-refractivity contribution in [3.63, 3.8) is 0 Å². The van der Waals surface area contributed by atoms with E-state index >= 15 is 0 Å². The van der Waals surface area contributed by atoms with Crippen molar-refractivity contribution in [1.29, 1.82) is 0 Å². The van der Waals surface area contributed by atoms with E-state index in [0.717, 1.165) is 35.8 Å². The van der Waals surface area contributed by atoms with Crippen LogP contribution in [-0.2, 0) is 13.6 Å². The van der Waals surface area contributed by atoms with Gasteiger partial charge in [-0.05, 0) is 25.0 Å². The van der Waals surface area contributed by atoms with Gasteiger partial charge < -0.3 is 9.13 Å². The summed E-state index contributed by atoms with van der Waals surface area (Å²) in [5.74, 6) is 0. The molecule has 112 valence electrons. The Hall–Kier alpha value is -1.81. The maximum absolute atomic E-state index is 12.7. The van der Waals surface area contributed by atoms with E-state index in [0.29, 0.717) is 5.52 Å². The molecule has 21 heavy (non-hydrogen) atoms.